The monoisotopic (exact) mass is 461 g/mol. The summed E-state index contributed by atoms with van der Waals surface area (Å²) in [5.74, 6) is -1.00. The van der Waals surface area contributed by atoms with E-state index in [1.807, 2.05) is 0 Å². The molecule has 4 nitrogen and oxygen atoms in total. The van der Waals surface area contributed by atoms with Crippen LogP contribution in [0.25, 0.3) is 5.69 Å². The molecule has 3 rings (SSSR count). The van der Waals surface area contributed by atoms with E-state index in [-0.39, 0.29) is 18.7 Å². The van der Waals surface area contributed by atoms with Gasteiger partial charge >= 0.3 is 12.4 Å². The molecule has 0 aliphatic rings. The highest BCUT2D eigenvalue weighted by Gasteiger charge is 2.40. The van der Waals surface area contributed by atoms with Gasteiger partial charge in [0.15, 0.2) is 5.69 Å². The highest BCUT2D eigenvalue weighted by atomic mass is 35.5. The summed E-state index contributed by atoms with van der Waals surface area (Å²) in [5.41, 5.74) is -2.18. The van der Waals surface area contributed by atoms with Crippen LogP contribution in [-0.2, 0) is 18.8 Å². The number of alkyl halides is 6. The van der Waals surface area contributed by atoms with Gasteiger partial charge in [0.2, 0.25) is 0 Å². The van der Waals surface area contributed by atoms with E-state index in [9.17, 15) is 31.1 Å². The summed E-state index contributed by atoms with van der Waals surface area (Å²) in [7, 11) is 0. The van der Waals surface area contributed by atoms with Crippen molar-refractivity contribution in [2.75, 3.05) is 6.54 Å². The van der Waals surface area contributed by atoms with Gasteiger partial charge in [-0.3, -0.25) is 4.79 Å². The van der Waals surface area contributed by atoms with E-state index in [0.29, 0.717) is 15.3 Å². The smallest absolute Gasteiger partial charge is 0.352 e. The van der Waals surface area contributed by atoms with Crippen LogP contribution in [0.15, 0.2) is 54.7 Å². The number of aromatic nitrogens is 2. The van der Waals surface area contributed by atoms with E-state index in [0.717, 1.165) is 18.3 Å². The molecule has 3 aromatic rings. The number of carbonyl (C=O) groups is 1. The fourth-order valence-corrected chi connectivity index (χ4v) is 2.97. The van der Waals surface area contributed by atoms with Crippen LogP contribution in [0.4, 0.5) is 26.3 Å². The molecule has 1 aromatic heterocycles. The Balaban J connectivity index is 1.74. The minimum Gasteiger partial charge on any atom is -0.352 e. The number of hydrogen-bond donors (Lipinski definition) is 1. The van der Waals surface area contributed by atoms with Crippen molar-refractivity contribution in [1.29, 1.82) is 0 Å². The predicted molar refractivity (Wildman–Crippen MR) is 101 cm³/mol. The van der Waals surface area contributed by atoms with E-state index in [1.165, 1.54) is 36.4 Å². The van der Waals surface area contributed by atoms with Gasteiger partial charge in [-0.2, -0.15) is 31.4 Å². The fraction of sp³-hybridized carbons (Fsp3) is 0.200. The first-order valence-electron chi connectivity index (χ1n) is 8.82. The largest absolute Gasteiger partial charge is 0.434 e. The number of amides is 1. The average Bonchev–Trinajstić information content (AvgIpc) is 3.14. The van der Waals surface area contributed by atoms with Gasteiger partial charge in [-0.15, -0.1) is 0 Å². The molecule has 164 valence electrons. The van der Waals surface area contributed by atoms with E-state index >= 15 is 0 Å². The molecule has 0 atom stereocenters. The summed E-state index contributed by atoms with van der Waals surface area (Å²) in [5, 5.41) is 6.36. The van der Waals surface area contributed by atoms with Gasteiger partial charge < -0.3 is 5.32 Å². The summed E-state index contributed by atoms with van der Waals surface area (Å²) in [6.45, 7) is -0.0758. The van der Waals surface area contributed by atoms with Crippen molar-refractivity contribution in [2.45, 2.75) is 18.8 Å². The van der Waals surface area contributed by atoms with Crippen LogP contribution >= 0.6 is 11.6 Å². The maximum atomic E-state index is 13.6. The van der Waals surface area contributed by atoms with Crippen LogP contribution < -0.4 is 5.32 Å². The number of benzene rings is 2. The standard InChI is InChI=1S/C20H14ClF6N3O/c21-14-5-7-15(8-6-14)30-17(20(25,26)27)16(11-29-30)18(31)28-10-9-12-1-3-13(4-2-12)19(22,23)24/h1-8,11H,9-10H2,(H,28,31). The second-order valence-corrected chi connectivity index (χ2v) is 6.93. The quantitative estimate of drug-likeness (QED) is 0.507. The molecule has 11 heteroatoms. The van der Waals surface area contributed by atoms with Crippen LogP contribution in [0.1, 0.15) is 27.2 Å². The van der Waals surface area contributed by atoms with Gasteiger partial charge in [0.05, 0.1) is 23.0 Å². The molecule has 0 unspecified atom stereocenters. The highest BCUT2D eigenvalue weighted by Crippen LogP contribution is 2.34. The number of carbonyl (C=O) groups excluding carboxylic acids is 1. The second-order valence-electron chi connectivity index (χ2n) is 6.49. The van der Waals surface area contributed by atoms with Crippen LogP contribution in [0.2, 0.25) is 5.02 Å². The SMILES string of the molecule is O=C(NCCc1ccc(C(F)(F)F)cc1)c1cnn(-c2ccc(Cl)cc2)c1C(F)(F)F. The van der Waals surface area contributed by atoms with Gasteiger partial charge in [-0.25, -0.2) is 4.68 Å². The Hall–Kier alpha value is -3.01. The lowest BCUT2D eigenvalue weighted by Gasteiger charge is -2.13. The normalized spacial score (nSPS) is 12.1. The lowest BCUT2D eigenvalue weighted by molar-refractivity contribution is -0.143. The van der Waals surface area contributed by atoms with Crippen molar-refractivity contribution in [3.8, 4) is 5.69 Å². The lowest BCUT2D eigenvalue weighted by atomic mass is 10.1. The van der Waals surface area contributed by atoms with Gasteiger partial charge in [-0.1, -0.05) is 23.7 Å². The molecule has 1 heterocycles. The van der Waals surface area contributed by atoms with Crippen LogP contribution in [0.5, 0.6) is 0 Å². The van der Waals surface area contributed by atoms with Gasteiger partial charge in [0.25, 0.3) is 5.91 Å². The van der Waals surface area contributed by atoms with Gasteiger partial charge in [-0.05, 0) is 48.4 Å². The zero-order valence-electron chi connectivity index (χ0n) is 15.6. The van der Waals surface area contributed by atoms with E-state index < -0.39 is 35.1 Å². The maximum Gasteiger partial charge on any atom is 0.434 e. The van der Waals surface area contributed by atoms with Crippen LogP contribution in [0, 0.1) is 0 Å². The topological polar surface area (TPSA) is 46.9 Å². The van der Waals surface area contributed by atoms with Gasteiger partial charge in [0.1, 0.15) is 0 Å². The Morgan fingerprint density at radius 1 is 0.935 bits per heavy atom. The summed E-state index contributed by atoms with van der Waals surface area (Å²) >= 11 is 5.75. The molecule has 1 amide bonds. The van der Waals surface area contributed by atoms with E-state index in [1.54, 1.807) is 0 Å². The van der Waals surface area contributed by atoms with E-state index in [4.69, 9.17) is 11.6 Å². The molecular weight excluding hydrogens is 448 g/mol. The molecule has 2 aromatic carbocycles. The Bertz CT molecular complexity index is 1060. The summed E-state index contributed by atoms with van der Waals surface area (Å²) in [6.07, 6.45) is -8.39. The lowest BCUT2D eigenvalue weighted by Crippen LogP contribution is -2.28. The Labute approximate surface area is 177 Å². The molecule has 0 fully saturated rings. The molecule has 0 aliphatic heterocycles. The van der Waals surface area contributed by atoms with Crippen molar-refractivity contribution in [3.05, 3.63) is 82.1 Å². The van der Waals surface area contributed by atoms with Crippen molar-refractivity contribution < 1.29 is 31.1 Å². The predicted octanol–water partition coefficient (Wildman–Crippen LogP) is 5.54. The third kappa shape index (κ3) is 5.38. The molecule has 1 N–H and O–H groups in total. The Morgan fingerprint density at radius 2 is 1.55 bits per heavy atom. The van der Waals surface area contributed by atoms with Crippen molar-refractivity contribution in [2.24, 2.45) is 0 Å². The van der Waals surface area contributed by atoms with Gasteiger partial charge in [0, 0.05) is 11.6 Å². The Kier molecular flexibility index (Phi) is 6.30. The number of nitrogens with zero attached hydrogens (tertiary/aromatic N) is 2. The first-order valence-corrected chi connectivity index (χ1v) is 9.20. The number of rotatable bonds is 5. The van der Waals surface area contributed by atoms with E-state index in [2.05, 4.69) is 10.4 Å². The summed E-state index contributed by atoms with van der Waals surface area (Å²) < 4.78 is 79.2. The number of halogens is 7. The average molecular weight is 462 g/mol. The first-order chi connectivity index (χ1) is 14.5. The maximum absolute atomic E-state index is 13.6. The first kappa shape index (κ1) is 22.7. The molecule has 0 radical (unpaired) electrons. The minimum absolute atomic E-state index is 0.0699. The molecular formula is C20H14ClF6N3O. The summed E-state index contributed by atoms with van der Waals surface area (Å²) in [6, 6.07) is 9.73. The van der Waals surface area contributed by atoms with Crippen molar-refractivity contribution >= 4 is 17.5 Å². The minimum atomic E-state index is -4.86. The summed E-state index contributed by atoms with van der Waals surface area (Å²) in [4.78, 5) is 12.4. The third-order valence-electron chi connectivity index (χ3n) is 4.33. The zero-order valence-corrected chi connectivity index (χ0v) is 16.3. The van der Waals surface area contributed by atoms with Crippen LogP contribution in [-0.4, -0.2) is 22.2 Å². The number of hydrogen-bond acceptors (Lipinski definition) is 2. The second kappa shape index (κ2) is 8.62. The fourth-order valence-electron chi connectivity index (χ4n) is 2.84. The van der Waals surface area contributed by atoms with Crippen molar-refractivity contribution in [1.82, 2.24) is 15.1 Å². The zero-order chi connectivity index (χ0) is 22.8. The molecule has 0 saturated carbocycles. The van der Waals surface area contributed by atoms with Crippen molar-refractivity contribution in [3.63, 3.8) is 0 Å². The third-order valence-corrected chi connectivity index (χ3v) is 4.59. The Morgan fingerprint density at radius 3 is 2.10 bits per heavy atom. The molecule has 0 aliphatic carbocycles. The molecule has 0 saturated heterocycles. The number of nitrogens with one attached hydrogen (secondary N) is 1. The molecule has 0 bridgehead atoms. The molecule has 0 spiro atoms. The highest BCUT2D eigenvalue weighted by molar-refractivity contribution is 6.30. The molecule has 31 heavy (non-hydrogen) atoms. The van der Waals surface area contributed by atoms with Crippen LogP contribution in [0.3, 0.4) is 0 Å².